The zero-order valence-electron chi connectivity index (χ0n) is 18.9. The fourth-order valence-electron chi connectivity index (χ4n) is 4.60. The first-order chi connectivity index (χ1) is 15.4. The van der Waals surface area contributed by atoms with Gasteiger partial charge in [0.15, 0.2) is 5.65 Å². The summed E-state index contributed by atoms with van der Waals surface area (Å²) in [4.78, 5) is 24.2. The van der Waals surface area contributed by atoms with Gasteiger partial charge in [-0.05, 0) is 40.5 Å². The molecule has 0 spiro atoms. The highest BCUT2D eigenvalue weighted by Crippen LogP contribution is 2.29. The van der Waals surface area contributed by atoms with Gasteiger partial charge in [0.05, 0.1) is 29.2 Å². The number of piperidine rings is 1. The van der Waals surface area contributed by atoms with E-state index < -0.39 is 0 Å². The SMILES string of the molecule is Cc1cc2ncc(C(=O)N3CCC(c4nccn4Cc4c(C)noc4C)CC3)c(C)n2n1. The van der Waals surface area contributed by atoms with Gasteiger partial charge in [-0.25, -0.2) is 14.5 Å². The molecule has 9 heteroatoms. The molecule has 0 saturated carbocycles. The van der Waals surface area contributed by atoms with Crippen molar-refractivity contribution >= 4 is 11.6 Å². The predicted molar refractivity (Wildman–Crippen MR) is 118 cm³/mol. The predicted octanol–water partition coefficient (Wildman–Crippen LogP) is 3.22. The molecule has 1 aliphatic heterocycles. The molecule has 32 heavy (non-hydrogen) atoms. The van der Waals surface area contributed by atoms with Gasteiger partial charge in [-0.2, -0.15) is 5.10 Å². The summed E-state index contributed by atoms with van der Waals surface area (Å²) in [5, 5.41) is 8.52. The molecule has 1 fully saturated rings. The van der Waals surface area contributed by atoms with Crippen molar-refractivity contribution in [3.63, 3.8) is 0 Å². The maximum absolute atomic E-state index is 13.2. The Morgan fingerprint density at radius 1 is 1.16 bits per heavy atom. The summed E-state index contributed by atoms with van der Waals surface area (Å²) in [5.74, 6) is 2.23. The number of hydrogen-bond acceptors (Lipinski definition) is 6. The number of carbonyl (C=O) groups excluding carboxylic acids is 1. The van der Waals surface area contributed by atoms with Crippen molar-refractivity contribution in [1.82, 2.24) is 34.2 Å². The van der Waals surface area contributed by atoms with Crippen LogP contribution in [0, 0.1) is 27.7 Å². The Morgan fingerprint density at radius 2 is 1.94 bits per heavy atom. The van der Waals surface area contributed by atoms with Gasteiger partial charge >= 0.3 is 0 Å². The lowest BCUT2D eigenvalue weighted by Crippen LogP contribution is -2.39. The second-order valence-corrected chi connectivity index (χ2v) is 8.60. The molecule has 0 unspecified atom stereocenters. The number of nitrogens with zero attached hydrogens (tertiary/aromatic N) is 7. The van der Waals surface area contributed by atoms with Crippen LogP contribution in [0.5, 0.6) is 0 Å². The minimum atomic E-state index is 0.0163. The Bertz CT molecular complexity index is 1270. The van der Waals surface area contributed by atoms with Gasteiger partial charge in [0, 0.05) is 49.2 Å². The summed E-state index contributed by atoms with van der Waals surface area (Å²) < 4.78 is 9.24. The third-order valence-corrected chi connectivity index (χ3v) is 6.48. The fourth-order valence-corrected chi connectivity index (χ4v) is 4.60. The van der Waals surface area contributed by atoms with E-state index in [-0.39, 0.29) is 5.91 Å². The van der Waals surface area contributed by atoms with Crippen LogP contribution in [-0.4, -0.2) is 53.2 Å². The van der Waals surface area contributed by atoms with Crippen molar-refractivity contribution in [1.29, 1.82) is 0 Å². The molecule has 5 heterocycles. The summed E-state index contributed by atoms with van der Waals surface area (Å²) in [7, 11) is 0. The molecule has 0 atom stereocenters. The number of aromatic nitrogens is 6. The normalized spacial score (nSPS) is 15.1. The molecule has 0 aliphatic carbocycles. The zero-order valence-corrected chi connectivity index (χ0v) is 18.9. The molecule has 0 radical (unpaired) electrons. The quantitative estimate of drug-likeness (QED) is 0.490. The van der Waals surface area contributed by atoms with Crippen LogP contribution in [0.25, 0.3) is 5.65 Å². The van der Waals surface area contributed by atoms with E-state index in [0.717, 1.165) is 52.7 Å². The first-order valence-electron chi connectivity index (χ1n) is 11.0. The third kappa shape index (κ3) is 3.47. The van der Waals surface area contributed by atoms with Crippen molar-refractivity contribution in [2.24, 2.45) is 0 Å². The highest BCUT2D eigenvalue weighted by Gasteiger charge is 2.28. The molecule has 4 aromatic heterocycles. The van der Waals surface area contributed by atoms with Crippen LogP contribution in [0.2, 0.25) is 0 Å². The number of hydrogen-bond donors (Lipinski definition) is 0. The highest BCUT2D eigenvalue weighted by molar-refractivity contribution is 5.95. The summed E-state index contributed by atoms with van der Waals surface area (Å²) in [5.41, 5.74) is 5.10. The van der Waals surface area contributed by atoms with E-state index >= 15 is 0 Å². The number of fused-ring (bicyclic) bond motifs is 1. The van der Waals surface area contributed by atoms with Crippen molar-refractivity contribution < 1.29 is 9.32 Å². The van der Waals surface area contributed by atoms with Gasteiger partial charge in [-0.1, -0.05) is 5.16 Å². The minimum Gasteiger partial charge on any atom is -0.361 e. The monoisotopic (exact) mass is 433 g/mol. The molecule has 4 aromatic rings. The third-order valence-electron chi connectivity index (χ3n) is 6.48. The van der Waals surface area contributed by atoms with E-state index in [0.29, 0.717) is 31.1 Å². The average molecular weight is 434 g/mol. The van der Waals surface area contributed by atoms with Crippen LogP contribution in [0.15, 0.2) is 29.2 Å². The van der Waals surface area contributed by atoms with Crippen LogP contribution in [0.1, 0.15) is 63.3 Å². The van der Waals surface area contributed by atoms with Gasteiger partial charge in [0.2, 0.25) is 0 Å². The fraction of sp³-hybridized carbons (Fsp3) is 0.435. The molecule has 1 aliphatic rings. The number of carbonyl (C=O) groups is 1. The van der Waals surface area contributed by atoms with E-state index in [2.05, 4.69) is 24.8 Å². The van der Waals surface area contributed by atoms with Gasteiger partial charge < -0.3 is 14.0 Å². The second-order valence-electron chi connectivity index (χ2n) is 8.60. The Labute approximate surface area is 186 Å². The molecule has 1 amide bonds. The van der Waals surface area contributed by atoms with Gasteiger partial charge in [-0.15, -0.1) is 0 Å². The summed E-state index contributed by atoms with van der Waals surface area (Å²) in [6, 6.07) is 1.91. The van der Waals surface area contributed by atoms with E-state index in [4.69, 9.17) is 4.52 Å². The largest absolute Gasteiger partial charge is 0.361 e. The molecule has 9 nitrogen and oxygen atoms in total. The molecular weight excluding hydrogens is 406 g/mol. The van der Waals surface area contributed by atoms with E-state index in [9.17, 15) is 4.79 Å². The maximum atomic E-state index is 13.2. The first kappa shape index (κ1) is 20.4. The minimum absolute atomic E-state index is 0.0163. The highest BCUT2D eigenvalue weighted by atomic mass is 16.5. The van der Waals surface area contributed by atoms with Crippen LogP contribution in [0.3, 0.4) is 0 Å². The van der Waals surface area contributed by atoms with Crippen LogP contribution < -0.4 is 0 Å². The van der Waals surface area contributed by atoms with Crippen molar-refractivity contribution in [3.05, 3.63) is 64.5 Å². The molecule has 5 rings (SSSR count). The molecule has 166 valence electrons. The van der Waals surface area contributed by atoms with Crippen molar-refractivity contribution in [3.8, 4) is 0 Å². The standard InChI is InChI=1S/C23H27N7O2/c1-14-11-21-25-12-19(16(3)30(21)26-14)23(31)28-8-5-18(6-9-28)22-24-7-10-29(22)13-20-15(2)27-32-17(20)4/h7,10-12,18H,5-6,8-9,13H2,1-4H3. The summed E-state index contributed by atoms with van der Waals surface area (Å²) >= 11 is 0. The summed E-state index contributed by atoms with van der Waals surface area (Å²) in [6.45, 7) is 9.83. The van der Waals surface area contributed by atoms with E-state index in [1.807, 2.05) is 51.1 Å². The second kappa shape index (κ2) is 7.89. The lowest BCUT2D eigenvalue weighted by atomic mass is 9.95. The molecule has 0 aromatic carbocycles. The lowest BCUT2D eigenvalue weighted by Gasteiger charge is -2.32. The van der Waals surface area contributed by atoms with Crippen molar-refractivity contribution in [2.75, 3.05) is 13.1 Å². The lowest BCUT2D eigenvalue weighted by molar-refractivity contribution is 0.0708. The van der Waals surface area contributed by atoms with E-state index in [1.54, 1.807) is 10.7 Å². The van der Waals surface area contributed by atoms with Crippen molar-refractivity contribution in [2.45, 2.75) is 53.0 Å². The maximum Gasteiger partial charge on any atom is 0.257 e. The summed E-state index contributed by atoms with van der Waals surface area (Å²) in [6.07, 6.45) is 7.28. The topological polar surface area (TPSA) is 94.4 Å². The molecule has 0 bridgehead atoms. The van der Waals surface area contributed by atoms with Gasteiger partial charge in [0.1, 0.15) is 11.6 Å². The number of amides is 1. The van der Waals surface area contributed by atoms with Crippen LogP contribution in [-0.2, 0) is 6.54 Å². The Balaban J connectivity index is 1.30. The number of imidazole rings is 1. The molecule has 1 saturated heterocycles. The molecule has 0 N–H and O–H groups in total. The van der Waals surface area contributed by atoms with Crippen LogP contribution >= 0.6 is 0 Å². The average Bonchev–Trinajstić information content (AvgIpc) is 3.49. The Kier molecular flexibility index (Phi) is 5.03. The zero-order chi connectivity index (χ0) is 22.4. The number of likely N-dealkylation sites (tertiary alicyclic amines) is 1. The molecular formula is C23H27N7O2. The Morgan fingerprint density at radius 3 is 2.66 bits per heavy atom. The first-order valence-corrected chi connectivity index (χ1v) is 11.0. The number of rotatable bonds is 4. The number of aryl methyl sites for hydroxylation is 4. The van der Waals surface area contributed by atoms with Gasteiger partial charge in [-0.3, -0.25) is 4.79 Å². The Hall–Kier alpha value is -3.49. The van der Waals surface area contributed by atoms with E-state index in [1.165, 1.54) is 0 Å². The van der Waals surface area contributed by atoms with Crippen LogP contribution in [0.4, 0.5) is 0 Å². The van der Waals surface area contributed by atoms with Gasteiger partial charge in [0.25, 0.3) is 5.91 Å². The smallest absolute Gasteiger partial charge is 0.257 e.